The summed E-state index contributed by atoms with van der Waals surface area (Å²) in [7, 11) is 1.78. The minimum Gasteiger partial charge on any atom is -0.435 e. The summed E-state index contributed by atoms with van der Waals surface area (Å²) in [5.74, 6) is -0.178. The number of hydrogen-bond acceptors (Lipinski definition) is 4. The van der Waals surface area contributed by atoms with E-state index >= 15 is 0 Å². The van der Waals surface area contributed by atoms with E-state index in [0.717, 1.165) is 0 Å². The van der Waals surface area contributed by atoms with E-state index < -0.39 is 12.7 Å². The van der Waals surface area contributed by atoms with Gasteiger partial charge in [-0.1, -0.05) is 0 Å². The van der Waals surface area contributed by atoms with Gasteiger partial charge in [0.25, 0.3) is 0 Å². The van der Waals surface area contributed by atoms with E-state index in [1.54, 1.807) is 18.9 Å². The molecule has 1 rings (SSSR count). The van der Waals surface area contributed by atoms with Gasteiger partial charge in [-0.15, -0.1) is 0 Å². The molecule has 0 heterocycles. The van der Waals surface area contributed by atoms with Crippen LogP contribution in [0.5, 0.6) is 5.75 Å². The van der Waals surface area contributed by atoms with Gasteiger partial charge in [0.05, 0.1) is 12.6 Å². The Bertz CT molecular complexity index is 438. The summed E-state index contributed by atoms with van der Waals surface area (Å²) in [6.45, 7) is -0.390. The molecule has 0 spiro atoms. The number of carbonyl (C=O) groups excluding carboxylic acids is 1. The maximum atomic E-state index is 12.0. The van der Waals surface area contributed by atoms with Gasteiger partial charge in [-0.2, -0.15) is 8.78 Å². The Morgan fingerprint density at radius 2 is 2.00 bits per heavy atom. The van der Waals surface area contributed by atoms with Crippen molar-refractivity contribution in [1.29, 1.82) is 0 Å². The molecule has 0 aliphatic heterocycles. The number of amides is 1. The fourth-order valence-corrected chi connectivity index (χ4v) is 1.65. The van der Waals surface area contributed by atoms with Crippen molar-refractivity contribution >= 4 is 11.6 Å². The Morgan fingerprint density at radius 1 is 1.38 bits per heavy atom. The fourth-order valence-electron chi connectivity index (χ4n) is 1.65. The molecule has 1 aromatic rings. The topological polar surface area (TPSA) is 61.8 Å². The molecular weight excluding hydrogens is 282 g/mol. The number of halogens is 2. The maximum Gasteiger partial charge on any atom is 0.387 e. The third-order valence-electron chi connectivity index (χ3n) is 2.71. The number of carbonyl (C=O) groups is 1. The number of nitrogens with zero attached hydrogens (tertiary/aromatic N) is 1. The molecule has 1 amide bonds. The van der Waals surface area contributed by atoms with Gasteiger partial charge < -0.3 is 15.2 Å². The van der Waals surface area contributed by atoms with E-state index in [2.05, 4.69) is 10.1 Å². The minimum absolute atomic E-state index is 0.0389. The minimum atomic E-state index is -2.87. The van der Waals surface area contributed by atoms with Crippen LogP contribution in [0.1, 0.15) is 13.3 Å². The standard InChI is InChI=1S/C14H20F2N2O3/c1-10(19)7-8-18(2)9-13(20)17-11-3-5-12(6-4-11)21-14(15)16/h3-6,10,14,19H,7-9H2,1-2H3,(H,17,20). The molecule has 21 heavy (non-hydrogen) atoms. The van der Waals surface area contributed by atoms with Crippen LogP contribution in [0, 0.1) is 0 Å². The van der Waals surface area contributed by atoms with Gasteiger partial charge in [-0.25, -0.2) is 0 Å². The van der Waals surface area contributed by atoms with Crippen molar-refractivity contribution in [3.8, 4) is 5.75 Å². The summed E-state index contributed by atoms with van der Waals surface area (Å²) in [5, 5.41) is 11.8. The third-order valence-corrected chi connectivity index (χ3v) is 2.71. The zero-order chi connectivity index (χ0) is 15.8. The van der Waals surface area contributed by atoms with Crippen molar-refractivity contribution in [2.75, 3.05) is 25.5 Å². The number of hydrogen-bond donors (Lipinski definition) is 2. The summed E-state index contributed by atoms with van der Waals surface area (Å²) in [6.07, 6.45) is 0.182. The molecule has 1 aromatic carbocycles. The van der Waals surface area contributed by atoms with Gasteiger partial charge in [0.15, 0.2) is 0 Å². The average Bonchev–Trinajstić information content (AvgIpc) is 2.38. The van der Waals surface area contributed by atoms with Crippen LogP contribution in [-0.4, -0.2) is 48.8 Å². The Hall–Kier alpha value is -1.73. The first kappa shape index (κ1) is 17.3. The molecule has 0 aromatic heterocycles. The lowest BCUT2D eigenvalue weighted by molar-refractivity contribution is -0.117. The van der Waals surface area contributed by atoms with Crippen LogP contribution < -0.4 is 10.1 Å². The first-order valence-corrected chi connectivity index (χ1v) is 6.58. The number of aliphatic hydroxyl groups is 1. The lowest BCUT2D eigenvalue weighted by Crippen LogP contribution is -2.32. The zero-order valence-corrected chi connectivity index (χ0v) is 12.1. The predicted molar refractivity (Wildman–Crippen MR) is 75.5 cm³/mol. The molecule has 7 heteroatoms. The number of alkyl halides is 2. The van der Waals surface area contributed by atoms with Gasteiger partial charge in [0.2, 0.25) is 5.91 Å². The second-order valence-corrected chi connectivity index (χ2v) is 4.83. The highest BCUT2D eigenvalue weighted by molar-refractivity contribution is 5.92. The van der Waals surface area contributed by atoms with E-state index in [4.69, 9.17) is 5.11 Å². The number of benzene rings is 1. The molecule has 118 valence electrons. The third kappa shape index (κ3) is 7.57. The van der Waals surface area contributed by atoms with Crippen molar-refractivity contribution in [2.45, 2.75) is 26.1 Å². The van der Waals surface area contributed by atoms with Gasteiger partial charge in [-0.3, -0.25) is 9.69 Å². The van der Waals surface area contributed by atoms with Gasteiger partial charge in [-0.05, 0) is 44.7 Å². The molecule has 2 N–H and O–H groups in total. The molecule has 1 unspecified atom stereocenters. The van der Waals surface area contributed by atoms with E-state index in [0.29, 0.717) is 18.7 Å². The quantitative estimate of drug-likeness (QED) is 0.770. The van der Waals surface area contributed by atoms with Crippen LogP contribution in [0.15, 0.2) is 24.3 Å². The van der Waals surface area contributed by atoms with Crippen LogP contribution in [0.4, 0.5) is 14.5 Å². The van der Waals surface area contributed by atoms with Gasteiger partial charge in [0, 0.05) is 12.2 Å². The lowest BCUT2D eigenvalue weighted by atomic mass is 10.2. The molecule has 0 fully saturated rings. The normalized spacial score (nSPS) is 12.5. The van der Waals surface area contributed by atoms with Crippen LogP contribution in [0.2, 0.25) is 0 Å². The monoisotopic (exact) mass is 302 g/mol. The van der Waals surface area contributed by atoms with Crippen molar-refractivity contribution in [3.05, 3.63) is 24.3 Å². The number of likely N-dealkylation sites (N-methyl/N-ethyl adjacent to an activating group) is 1. The molecule has 1 atom stereocenters. The molecule has 0 aliphatic rings. The molecule has 0 bridgehead atoms. The second kappa shape index (κ2) is 8.53. The maximum absolute atomic E-state index is 12.0. The predicted octanol–water partition coefficient (Wildman–Crippen LogP) is 1.93. The van der Waals surface area contributed by atoms with Gasteiger partial charge >= 0.3 is 6.61 Å². The smallest absolute Gasteiger partial charge is 0.387 e. The number of rotatable bonds is 8. The van der Waals surface area contributed by atoms with E-state index in [1.165, 1.54) is 24.3 Å². The molecule has 0 saturated carbocycles. The largest absolute Gasteiger partial charge is 0.435 e. The second-order valence-electron chi connectivity index (χ2n) is 4.83. The van der Waals surface area contributed by atoms with Crippen molar-refractivity contribution in [3.63, 3.8) is 0 Å². The summed E-state index contributed by atoms with van der Waals surface area (Å²) >= 11 is 0. The Morgan fingerprint density at radius 3 is 2.52 bits per heavy atom. The van der Waals surface area contributed by atoms with E-state index in [1.807, 2.05) is 0 Å². The van der Waals surface area contributed by atoms with E-state index in [9.17, 15) is 13.6 Å². The summed E-state index contributed by atoms with van der Waals surface area (Å²) in [4.78, 5) is 13.6. The average molecular weight is 302 g/mol. The van der Waals surface area contributed by atoms with Crippen LogP contribution in [0.25, 0.3) is 0 Å². The number of ether oxygens (including phenoxy) is 1. The Kier molecular flexibility index (Phi) is 7.04. The zero-order valence-electron chi connectivity index (χ0n) is 12.1. The molecule has 0 saturated heterocycles. The number of aliphatic hydroxyl groups excluding tert-OH is 1. The van der Waals surface area contributed by atoms with Gasteiger partial charge in [0.1, 0.15) is 5.75 Å². The molecule has 5 nitrogen and oxygen atoms in total. The number of nitrogens with one attached hydrogen (secondary N) is 1. The Labute approximate surface area is 122 Å². The van der Waals surface area contributed by atoms with Crippen LogP contribution >= 0.6 is 0 Å². The highest BCUT2D eigenvalue weighted by Gasteiger charge is 2.09. The molecule has 0 aliphatic carbocycles. The van der Waals surface area contributed by atoms with E-state index in [-0.39, 0.29) is 18.2 Å². The Balaban J connectivity index is 2.40. The highest BCUT2D eigenvalue weighted by atomic mass is 19.3. The van der Waals surface area contributed by atoms with Crippen LogP contribution in [-0.2, 0) is 4.79 Å². The fraction of sp³-hybridized carbons (Fsp3) is 0.500. The molecule has 0 radical (unpaired) electrons. The van der Waals surface area contributed by atoms with Crippen molar-refractivity contribution < 1.29 is 23.4 Å². The summed E-state index contributed by atoms with van der Waals surface area (Å²) < 4.78 is 28.2. The summed E-state index contributed by atoms with van der Waals surface area (Å²) in [6, 6.07) is 5.70. The first-order valence-electron chi connectivity index (χ1n) is 6.58. The highest BCUT2D eigenvalue weighted by Crippen LogP contribution is 2.17. The SMILES string of the molecule is CC(O)CCN(C)CC(=O)Nc1ccc(OC(F)F)cc1. The van der Waals surface area contributed by atoms with Crippen molar-refractivity contribution in [2.24, 2.45) is 0 Å². The van der Waals surface area contributed by atoms with Crippen molar-refractivity contribution in [1.82, 2.24) is 4.90 Å². The number of anilines is 1. The molecular formula is C14H20F2N2O3. The first-order chi connectivity index (χ1) is 9.86. The summed E-state index contributed by atoms with van der Waals surface area (Å²) in [5.41, 5.74) is 0.505. The lowest BCUT2D eigenvalue weighted by Gasteiger charge is -2.17. The van der Waals surface area contributed by atoms with Crippen LogP contribution in [0.3, 0.4) is 0 Å².